The standard InChI is InChI=1S/C26H28N2O6S/c1-26(2,3)34-25(30)33-21-14-11-18(12-15-21)20-13-16-23(28(4)35(5,31)32)22(17-20)27-24(29)19-9-7-6-8-10-19/h6-17H,1-5H3,(H,27,29). The smallest absolute Gasteiger partial charge is 0.428 e. The van der Waals surface area contributed by atoms with Gasteiger partial charge in [-0.05, 0) is 68.3 Å². The van der Waals surface area contributed by atoms with Crippen molar-refractivity contribution in [1.82, 2.24) is 0 Å². The van der Waals surface area contributed by atoms with Crippen LogP contribution in [0.4, 0.5) is 16.2 Å². The van der Waals surface area contributed by atoms with Crippen LogP contribution in [0.25, 0.3) is 11.1 Å². The van der Waals surface area contributed by atoms with Gasteiger partial charge in [-0.25, -0.2) is 13.2 Å². The third-order valence-electron chi connectivity index (χ3n) is 4.90. The number of benzene rings is 3. The van der Waals surface area contributed by atoms with E-state index >= 15 is 0 Å². The molecule has 0 aliphatic carbocycles. The summed E-state index contributed by atoms with van der Waals surface area (Å²) in [6.45, 7) is 5.24. The summed E-state index contributed by atoms with van der Waals surface area (Å²) in [5.74, 6) is -0.0546. The number of nitrogens with one attached hydrogen (secondary N) is 1. The Balaban J connectivity index is 1.91. The highest BCUT2D eigenvalue weighted by Gasteiger charge is 2.20. The van der Waals surface area contributed by atoms with Crippen molar-refractivity contribution in [1.29, 1.82) is 0 Å². The molecule has 0 saturated heterocycles. The summed E-state index contributed by atoms with van der Waals surface area (Å²) in [5, 5.41) is 2.82. The Labute approximate surface area is 205 Å². The van der Waals surface area contributed by atoms with Crippen molar-refractivity contribution < 1.29 is 27.5 Å². The first-order valence-electron chi connectivity index (χ1n) is 10.8. The van der Waals surface area contributed by atoms with E-state index in [0.717, 1.165) is 21.7 Å². The van der Waals surface area contributed by atoms with E-state index in [4.69, 9.17) is 9.47 Å². The van der Waals surface area contributed by atoms with Crippen LogP contribution in [0.3, 0.4) is 0 Å². The molecule has 0 atom stereocenters. The third-order valence-corrected chi connectivity index (χ3v) is 6.09. The minimum absolute atomic E-state index is 0.314. The fourth-order valence-corrected chi connectivity index (χ4v) is 3.65. The van der Waals surface area contributed by atoms with E-state index in [1.807, 2.05) is 0 Å². The Hall–Kier alpha value is -3.85. The molecule has 0 radical (unpaired) electrons. The van der Waals surface area contributed by atoms with Gasteiger partial charge in [0.15, 0.2) is 0 Å². The molecule has 0 saturated carbocycles. The van der Waals surface area contributed by atoms with Crippen molar-refractivity contribution in [3.8, 4) is 16.9 Å². The van der Waals surface area contributed by atoms with Gasteiger partial charge in [-0.15, -0.1) is 0 Å². The molecular weight excluding hydrogens is 468 g/mol. The summed E-state index contributed by atoms with van der Waals surface area (Å²) in [6.07, 6.45) is 0.289. The first kappa shape index (κ1) is 25.8. The second-order valence-corrected chi connectivity index (χ2v) is 10.9. The van der Waals surface area contributed by atoms with Crippen LogP contribution in [0.5, 0.6) is 5.75 Å². The van der Waals surface area contributed by atoms with Crippen molar-refractivity contribution in [2.24, 2.45) is 0 Å². The number of ether oxygens (including phenoxy) is 2. The molecule has 3 aromatic rings. The van der Waals surface area contributed by atoms with Crippen molar-refractivity contribution in [3.05, 3.63) is 78.4 Å². The second kappa shape index (κ2) is 10.2. The predicted molar refractivity (Wildman–Crippen MR) is 136 cm³/mol. The molecule has 0 unspecified atom stereocenters. The van der Waals surface area contributed by atoms with E-state index in [0.29, 0.717) is 22.7 Å². The van der Waals surface area contributed by atoms with E-state index in [1.165, 1.54) is 7.05 Å². The Morgan fingerprint density at radius 1 is 0.886 bits per heavy atom. The van der Waals surface area contributed by atoms with E-state index in [9.17, 15) is 18.0 Å². The second-order valence-electron chi connectivity index (χ2n) is 8.87. The zero-order valence-corrected chi connectivity index (χ0v) is 21.0. The van der Waals surface area contributed by atoms with E-state index in [2.05, 4.69) is 5.32 Å². The Morgan fingerprint density at radius 2 is 1.49 bits per heavy atom. The van der Waals surface area contributed by atoms with E-state index < -0.39 is 21.8 Å². The topological polar surface area (TPSA) is 102 Å². The fourth-order valence-electron chi connectivity index (χ4n) is 3.14. The van der Waals surface area contributed by atoms with Gasteiger partial charge in [0.05, 0.1) is 17.6 Å². The summed E-state index contributed by atoms with van der Waals surface area (Å²) in [7, 11) is -2.14. The summed E-state index contributed by atoms with van der Waals surface area (Å²) in [6, 6.07) is 20.4. The molecule has 1 amide bonds. The minimum atomic E-state index is -3.56. The van der Waals surface area contributed by atoms with Gasteiger partial charge in [-0.2, -0.15) is 0 Å². The molecule has 9 heteroatoms. The average molecular weight is 497 g/mol. The SMILES string of the molecule is CN(c1ccc(-c2ccc(OC(=O)OC(C)(C)C)cc2)cc1NC(=O)c1ccccc1)S(C)(=O)=O. The highest BCUT2D eigenvalue weighted by Crippen LogP contribution is 2.33. The number of hydrogen-bond acceptors (Lipinski definition) is 6. The molecule has 8 nitrogen and oxygen atoms in total. The molecule has 0 spiro atoms. The summed E-state index contributed by atoms with van der Waals surface area (Å²) >= 11 is 0. The Bertz CT molecular complexity index is 1310. The minimum Gasteiger partial charge on any atom is -0.428 e. The quantitative estimate of drug-likeness (QED) is 0.366. The molecule has 0 aromatic heterocycles. The first-order valence-corrected chi connectivity index (χ1v) is 12.6. The molecule has 0 heterocycles. The molecule has 184 valence electrons. The van der Waals surface area contributed by atoms with Gasteiger partial charge in [0, 0.05) is 12.6 Å². The normalized spacial score (nSPS) is 11.5. The number of rotatable bonds is 6. The third kappa shape index (κ3) is 7.07. The maximum atomic E-state index is 12.8. The molecule has 0 aliphatic heterocycles. The Kier molecular flexibility index (Phi) is 7.50. The van der Waals surface area contributed by atoms with Crippen LogP contribution in [0.1, 0.15) is 31.1 Å². The number of anilines is 2. The van der Waals surface area contributed by atoms with Gasteiger partial charge in [-0.1, -0.05) is 36.4 Å². The number of carbonyl (C=O) groups is 2. The lowest BCUT2D eigenvalue weighted by molar-refractivity contribution is 0.0206. The van der Waals surface area contributed by atoms with Crippen LogP contribution in [-0.4, -0.2) is 39.4 Å². The predicted octanol–water partition coefficient (Wildman–Crippen LogP) is 5.32. The molecule has 0 bridgehead atoms. The zero-order chi connectivity index (χ0) is 25.8. The van der Waals surface area contributed by atoms with Crippen molar-refractivity contribution in [2.45, 2.75) is 26.4 Å². The molecule has 35 heavy (non-hydrogen) atoms. The summed E-state index contributed by atoms with van der Waals surface area (Å²) in [5.41, 5.74) is 1.92. The maximum Gasteiger partial charge on any atom is 0.514 e. The number of sulfonamides is 1. The molecule has 1 N–H and O–H groups in total. The average Bonchev–Trinajstić information content (AvgIpc) is 2.78. The van der Waals surface area contributed by atoms with Crippen LogP contribution in [-0.2, 0) is 14.8 Å². The largest absolute Gasteiger partial charge is 0.514 e. The van der Waals surface area contributed by atoms with Gasteiger partial charge >= 0.3 is 6.16 Å². The zero-order valence-electron chi connectivity index (χ0n) is 20.2. The number of amides is 1. The maximum absolute atomic E-state index is 12.8. The van der Waals surface area contributed by atoms with Crippen LogP contribution in [0.2, 0.25) is 0 Å². The van der Waals surface area contributed by atoms with Crippen LogP contribution < -0.4 is 14.4 Å². The molecule has 3 rings (SSSR count). The number of hydrogen-bond donors (Lipinski definition) is 1. The number of nitrogens with zero attached hydrogens (tertiary/aromatic N) is 1. The van der Waals surface area contributed by atoms with E-state index in [-0.39, 0.29) is 5.91 Å². The molecule has 0 fully saturated rings. The lowest BCUT2D eigenvalue weighted by Crippen LogP contribution is -2.26. The summed E-state index contributed by atoms with van der Waals surface area (Å²) in [4.78, 5) is 24.7. The van der Waals surface area contributed by atoms with Gasteiger partial charge in [0.25, 0.3) is 5.91 Å². The van der Waals surface area contributed by atoms with Gasteiger partial charge in [0.1, 0.15) is 11.4 Å². The van der Waals surface area contributed by atoms with Crippen LogP contribution in [0, 0.1) is 0 Å². The molecular formula is C26H28N2O6S. The van der Waals surface area contributed by atoms with Gasteiger partial charge in [-0.3, -0.25) is 9.10 Å². The molecule has 3 aromatic carbocycles. The lowest BCUT2D eigenvalue weighted by atomic mass is 10.0. The fraction of sp³-hybridized carbons (Fsp3) is 0.231. The van der Waals surface area contributed by atoms with Gasteiger partial charge < -0.3 is 14.8 Å². The van der Waals surface area contributed by atoms with E-state index in [1.54, 1.807) is 93.6 Å². The summed E-state index contributed by atoms with van der Waals surface area (Å²) < 4.78 is 35.8. The highest BCUT2D eigenvalue weighted by atomic mass is 32.2. The lowest BCUT2D eigenvalue weighted by Gasteiger charge is -2.21. The van der Waals surface area contributed by atoms with Crippen LogP contribution >= 0.6 is 0 Å². The van der Waals surface area contributed by atoms with Crippen LogP contribution in [0.15, 0.2) is 72.8 Å². The van der Waals surface area contributed by atoms with Crippen molar-refractivity contribution in [2.75, 3.05) is 22.9 Å². The van der Waals surface area contributed by atoms with Crippen molar-refractivity contribution in [3.63, 3.8) is 0 Å². The highest BCUT2D eigenvalue weighted by molar-refractivity contribution is 7.92. The van der Waals surface area contributed by atoms with Gasteiger partial charge in [0.2, 0.25) is 10.0 Å². The van der Waals surface area contributed by atoms with Crippen molar-refractivity contribution >= 4 is 33.5 Å². The number of carbonyl (C=O) groups excluding carboxylic acids is 2. The molecule has 0 aliphatic rings. The Morgan fingerprint density at radius 3 is 2.06 bits per heavy atom. The monoisotopic (exact) mass is 496 g/mol. The first-order chi connectivity index (χ1) is 16.3.